The summed E-state index contributed by atoms with van der Waals surface area (Å²) in [4.78, 5) is 0. The maximum absolute atomic E-state index is 2.43. The molecule has 3 heteroatoms. The average molecular weight is 681 g/mol. The van der Waals surface area contributed by atoms with Crippen molar-refractivity contribution in [2.45, 2.75) is 61.6 Å². The first-order chi connectivity index (χ1) is 21.5. The third-order valence-corrected chi connectivity index (χ3v) is 12.9. The zero-order valence-electron chi connectivity index (χ0n) is 28.5. The van der Waals surface area contributed by atoms with Crippen molar-refractivity contribution in [3.63, 3.8) is 0 Å². The van der Waals surface area contributed by atoms with Crippen LogP contribution in [0.5, 0.6) is 0 Å². The molecule has 0 unspecified atom stereocenters. The first kappa shape index (κ1) is 35.8. The van der Waals surface area contributed by atoms with Crippen LogP contribution >= 0.6 is 15.8 Å². The molecule has 6 aromatic carbocycles. The van der Waals surface area contributed by atoms with Gasteiger partial charge in [-0.05, 0) is 90.7 Å². The van der Waals surface area contributed by atoms with E-state index < -0.39 is 15.8 Å². The largest absolute Gasteiger partial charge is 0.748 e. The predicted molar refractivity (Wildman–Crippen MR) is 203 cm³/mol. The van der Waals surface area contributed by atoms with Crippen LogP contribution in [0.1, 0.15) is 50.1 Å². The molecule has 0 bridgehead atoms. The molecule has 242 valence electrons. The Bertz CT molecular complexity index is 1670. The molecule has 46 heavy (non-hydrogen) atoms. The van der Waals surface area contributed by atoms with Crippen LogP contribution in [-0.4, -0.2) is 0 Å². The van der Waals surface area contributed by atoms with E-state index in [1.807, 2.05) is 30.3 Å². The second kappa shape index (κ2) is 16.2. The Labute approximate surface area is 291 Å². The van der Waals surface area contributed by atoms with E-state index in [0.29, 0.717) is 0 Å². The van der Waals surface area contributed by atoms with Crippen molar-refractivity contribution >= 4 is 42.4 Å². The molecule has 0 saturated heterocycles. The fourth-order valence-electron chi connectivity index (χ4n) is 6.42. The van der Waals surface area contributed by atoms with Crippen LogP contribution in [0.4, 0.5) is 0 Å². The topological polar surface area (TPSA) is 0 Å². The molecule has 0 aliphatic heterocycles. The quantitative estimate of drug-likeness (QED) is 0.0895. The minimum absolute atomic E-state index is 0. The van der Waals surface area contributed by atoms with Crippen molar-refractivity contribution in [2.75, 3.05) is 0 Å². The van der Waals surface area contributed by atoms with Gasteiger partial charge in [0.05, 0.1) is 0 Å². The van der Waals surface area contributed by atoms with Crippen molar-refractivity contribution < 1.29 is 17.1 Å². The van der Waals surface area contributed by atoms with Crippen molar-refractivity contribution in [1.29, 1.82) is 0 Å². The van der Waals surface area contributed by atoms with Crippen LogP contribution < -0.4 is 26.5 Å². The van der Waals surface area contributed by atoms with E-state index in [-0.39, 0.29) is 17.1 Å². The van der Waals surface area contributed by atoms with Crippen LogP contribution in [0.25, 0.3) is 0 Å². The first-order valence-corrected chi connectivity index (χ1v) is 18.7. The van der Waals surface area contributed by atoms with Gasteiger partial charge >= 0.3 is 0 Å². The summed E-state index contributed by atoms with van der Waals surface area (Å²) in [6.45, 7) is 17.9. The van der Waals surface area contributed by atoms with Gasteiger partial charge in [-0.1, -0.05) is 125 Å². The van der Waals surface area contributed by atoms with E-state index in [1.54, 1.807) is 0 Å². The van der Waals surface area contributed by atoms with Gasteiger partial charge in [0.2, 0.25) is 0 Å². The fraction of sp³-hybridized carbons (Fsp3) is 0.209. The summed E-state index contributed by atoms with van der Waals surface area (Å²) in [7, 11) is -1.24. The Kier molecular flexibility index (Phi) is 12.6. The van der Waals surface area contributed by atoms with Gasteiger partial charge in [-0.3, -0.25) is 0 Å². The van der Waals surface area contributed by atoms with E-state index in [9.17, 15) is 0 Å². The molecule has 6 aromatic rings. The van der Waals surface area contributed by atoms with E-state index in [0.717, 1.165) is 6.16 Å². The Hall–Kier alpha value is -3.04. The third-order valence-electron chi connectivity index (χ3n) is 7.97. The summed E-state index contributed by atoms with van der Waals surface area (Å²) in [6.07, 6.45) is 1.05. The van der Waals surface area contributed by atoms with E-state index in [4.69, 9.17) is 0 Å². The van der Waals surface area contributed by atoms with Gasteiger partial charge in [-0.15, -0.1) is 10.9 Å². The summed E-state index contributed by atoms with van der Waals surface area (Å²) in [5.74, 6) is 0. The van der Waals surface area contributed by atoms with Gasteiger partial charge in [0.25, 0.3) is 0 Å². The average Bonchev–Trinajstić information content (AvgIpc) is 3.66. The zero-order chi connectivity index (χ0) is 32.1. The van der Waals surface area contributed by atoms with Gasteiger partial charge in [-0.25, -0.2) is 12.1 Å². The molecule has 0 aliphatic carbocycles. The van der Waals surface area contributed by atoms with Crippen LogP contribution in [0.3, 0.4) is 0 Å². The molecule has 0 amide bonds. The Balaban J connectivity index is 0.000000731. The maximum Gasteiger partial charge on any atom is 0 e. The molecule has 0 radical (unpaired) electrons. The molecule has 0 atom stereocenters. The molecule has 0 aliphatic rings. The molecule has 0 spiro atoms. The van der Waals surface area contributed by atoms with Gasteiger partial charge < -0.3 is 30.3 Å². The summed E-state index contributed by atoms with van der Waals surface area (Å²) in [5, 5.41) is 7.36. The first-order valence-electron chi connectivity index (χ1n) is 15.9. The standard InChI is InChI=1S/C38H41P2.C5H5.Fe/c1-25-12-26(2)17-34(16-25)39(35-18-27(3)13-28(4)19-35)24-33-10-9-11-38(33)40(36-20-29(5)14-30(6)21-36)37-22-31(7)15-32(8)23-37;1-2-4-5-3-1;/h9-23H,24H2,1-8H3;1-5H;/q-1;-5;. The van der Waals surface area contributed by atoms with Crippen LogP contribution in [0, 0.1) is 55.4 Å². The van der Waals surface area contributed by atoms with Gasteiger partial charge in [0.15, 0.2) is 0 Å². The summed E-state index contributed by atoms with van der Waals surface area (Å²) >= 11 is 0. The monoisotopic (exact) mass is 680 g/mol. The maximum atomic E-state index is 2.43. The molecule has 0 N–H and O–H groups in total. The molecule has 0 nitrogen and oxygen atoms in total. The molecular weight excluding hydrogens is 634 g/mol. The predicted octanol–water partition coefficient (Wildman–Crippen LogP) is 9.67. The zero-order valence-corrected chi connectivity index (χ0v) is 31.4. The second-order valence-electron chi connectivity index (χ2n) is 12.7. The summed E-state index contributed by atoms with van der Waals surface area (Å²) in [6, 6.07) is 45.7. The number of hydrogen-bond donors (Lipinski definition) is 0. The fourth-order valence-corrected chi connectivity index (χ4v) is 12.1. The number of hydrogen-bond acceptors (Lipinski definition) is 0. The van der Waals surface area contributed by atoms with E-state index in [1.165, 1.54) is 76.6 Å². The molecule has 0 saturated carbocycles. The molecule has 0 aromatic heterocycles. The molecule has 0 heterocycles. The van der Waals surface area contributed by atoms with Crippen molar-refractivity contribution in [3.8, 4) is 0 Å². The Morgan fingerprint density at radius 1 is 0.457 bits per heavy atom. The van der Waals surface area contributed by atoms with Crippen LogP contribution in [0.15, 0.2) is 121 Å². The summed E-state index contributed by atoms with van der Waals surface area (Å²) < 4.78 is 0. The second-order valence-corrected chi connectivity index (χ2v) is 17.1. The SMILES string of the molecule is Cc1cc(C)cc(P(C[c-]2cccc2P(c2cc(C)cc(C)c2)c2cc(C)cc(C)c2)c2cc(C)cc(C)c2)c1.[Fe].[cH-]1[cH-][cH-][cH-][cH-]1. The van der Waals surface area contributed by atoms with Gasteiger partial charge in [-0.2, -0.15) is 6.07 Å². The summed E-state index contributed by atoms with van der Waals surface area (Å²) in [5.41, 5.74) is 12.3. The van der Waals surface area contributed by atoms with E-state index >= 15 is 0 Å². The number of rotatable bonds is 7. The van der Waals surface area contributed by atoms with Crippen LogP contribution in [-0.2, 0) is 23.2 Å². The Morgan fingerprint density at radius 3 is 1.09 bits per heavy atom. The molecule has 6 rings (SSSR count). The minimum atomic E-state index is -0.677. The van der Waals surface area contributed by atoms with Crippen molar-refractivity contribution in [1.82, 2.24) is 0 Å². The normalized spacial score (nSPS) is 10.9. The van der Waals surface area contributed by atoms with Crippen molar-refractivity contribution in [2.24, 2.45) is 0 Å². The smallest absolute Gasteiger partial charge is 0 e. The number of aryl methyl sites for hydroxylation is 8. The van der Waals surface area contributed by atoms with E-state index in [2.05, 4.69) is 146 Å². The minimum Gasteiger partial charge on any atom is -0.748 e. The number of benzene rings is 4. The van der Waals surface area contributed by atoms with Gasteiger partial charge in [0.1, 0.15) is 0 Å². The molecular formula is C43H46FeP2-6. The Morgan fingerprint density at radius 2 is 0.761 bits per heavy atom. The third kappa shape index (κ3) is 9.28. The van der Waals surface area contributed by atoms with Gasteiger partial charge in [0, 0.05) is 17.1 Å². The van der Waals surface area contributed by atoms with Crippen LogP contribution in [0.2, 0.25) is 0 Å². The van der Waals surface area contributed by atoms with Crippen molar-refractivity contribution in [3.05, 3.63) is 171 Å². The molecule has 0 fully saturated rings.